The molecule has 3 N–H and O–H groups in total. The van der Waals surface area contributed by atoms with E-state index in [4.69, 9.17) is 22.4 Å². The predicted octanol–water partition coefficient (Wildman–Crippen LogP) is 1.88. The molecule has 0 aliphatic carbocycles. The number of rotatable bonds is 3. The Morgan fingerprint density at radius 3 is 2.73 bits per heavy atom. The third-order valence-corrected chi connectivity index (χ3v) is 2.11. The highest BCUT2D eigenvalue weighted by Gasteiger charge is 2.18. The molecule has 0 spiro atoms. The molecule has 0 radical (unpaired) electrons. The van der Waals surface area contributed by atoms with E-state index >= 15 is 0 Å². The van der Waals surface area contributed by atoms with Gasteiger partial charge >= 0.3 is 5.97 Å². The van der Waals surface area contributed by atoms with Gasteiger partial charge in [-0.1, -0.05) is 11.6 Å². The standard InChI is InChI=1S/C8H7ClF2N2O2/c9-5-6(12)3(1-4(14)15)2-13-7(5)8(10)11/h2,8H,1H2,(H2,12,13)(H,14,15). The molecular formula is C8H7ClF2N2O2. The van der Waals surface area contributed by atoms with Crippen LogP contribution in [-0.2, 0) is 11.2 Å². The molecule has 0 atom stereocenters. The molecule has 0 unspecified atom stereocenters. The van der Waals surface area contributed by atoms with Gasteiger partial charge in [-0.15, -0.1) is 0 Å². The van der Waals surface area contributed by atoms with Crippen LogP contribution in [0, 0.1) is 0 Å². The number of hydrogen-bond donors (Lipinski definition) is 2. The van der Waals surface area contributed by atoms with Crippen LogP contribution in [0.2, 0.25) is 5.02 Å². The van der Waals surface area contributed by atoms with E-state index in [0.29, 0.717) is 0 Å². The Morgan fingerprint density at radius 2 is 2.27 bits per heavy atom. The Morgan fingerprint density at radius 1 is 1.67 bits per heavy atom. The lowest BCUT2D eigenvalue weighted by atomic mass is 10.1. The Bertz CT molecular complexity index is 398. The maximum Gasteiger partial charge on any atom is 0.307 e. The Kier molecular flexibility index (Phi) is 3.41. The third-order valence-electron chi connectivity index (χ3n) is 1.72. The average molecular weight is 237 g/mol. The maximum absolute atomic E-state index is 12.3. The third kappa shape index (κ3) is 2.53. The van der Waals surface area contributed by atoms with E-state index in [1.165, 1.54) is 0 Å². The number of carbonyl (C=O) groups is 1. The molecule has 0 saturated carbocycles. The first-order chi connectivity index (χ1) is 6.93. The molecular weight excluding hydrogens is 230 g/mol. The lowest BCUT2D eigenvalue weighted by Crippen LogP contribution is -2.07. The second kappa shape index (κ2) is 4.39. The molecule has 1 aromatic rings. The summed E-state index contributed by atoms with van der Waals surface area (Å²) in [6.45, 7) is 0. The van der Waals surface area contributed by atoms with Gasteiger partial charge in [0.25, 0.3) is 6.43 Å². The first kappa shape index (κ1) is 11.6. The summed E-state index contributed by atoms with van der Waals surface area (Å²) in [5.41, 5.74) is 4.72. The van der Waals surface area contributed by atoms with Crippen molar-refractivity contribution in [2.24, 2.45) is 0 Å². The summed E-state index contributed by atoms with van der Waals surface area (Å²) in [6, 6.07) is 0. The topological polar surface area (TPSA) is 76.2 Å². The summed E-state index contributed by atoms with van der Waals surface area (Å²) in [7, 11) is 0. The van der Waals surface area contributed by atoms with Gasteiger partial charge in [0.05, 0.1) is 17.1 Å². The van der Waals surface area contributed by atoms with Crippen LogP contribution in [0.1, 0.15) is 17.7 Å². The van der Waals surface area contributed by atoms with Crippen molar-refractivity contribution in [3.05, 3.63) is 22.5 Å². The van der Waals surface area contributed by atoms with Gasteiger partial charge in [0.1, 0.15) is 5.69 Å². The van der Waals surface area contributed by atoms with Crippen molar-refractivity contribution in [1.29, 1.82) is 0 Å². The molecule has 0 aliphatic rings. The molecule has 7 heteroatoms. The number of hydrogen-bond acceptors (Lipinski definition) is 3. The monoisotopic (exact) mass is 236 g/mol. The lowest BCUT2D eigenvalue weighted by Gasteiger charge is -2.08. The lowest BCUT2D eigenvalue weighted by molar-refractivity contribution is -0.136. The van der Waals surface area contributed by atoms with Crippen LogP contribution in [0.15, 0.2) is 6.20 Å². The van der Waals surface area contributed by atoms with Gasteiger partial charge < -0.3 is 10.8 Å². The first-order valence-electron chi connectivity index (χ1n) is 3.86. The molecule has 0 amide bonds. The van der Waals surface area contributed by atoms with Crippen LogP contribution < -0.4 is 5.73 Å². The van der Waals surface area contributed by atoms with Gasteiger partial charge in [0.15, 0.2) is 0 Å². The minimum atomic E-state index is -2.83. The fourth-order valence-electron chi connectivity index (χ4n) is 1.01. The molecule has 82 valence electrons. The predicted molar refractivity (Wildman–Crippen MR) is 50.0 cm³/mol. The summed E-state index contributed by atoms with van der Waals surface area (Å²) in [6.07, 6.45) is -2.24. The number of halogens is 3. The van der Waals surface area contributed by atoms with E-state index in [0.717, 1.165) is 6.20 Å². The number of nitrogen functional groups attached to an aromatic ring is 1. The maximum atomic E-state index is 12.3. The molecule has 0 aromatic carbocycles. The highest BCUT2D eigenvalue weighted by Crippen LogP contribution is 2.31. The highest BCUT2D eigenvalue weighted by atomic mass is 35.5. The molecule has 1 heterocycles. The summed E-state index contributed by atoms with van der Waals surface area (Å²) < 4.78 is 24.6. The zero-order valence-electron chi connectivity index (χ0n) is 7.38. The van der Waals surface area contributed by atoms with E-state index in [9.17, 15) is 13.6 Å². The van der Waals surface area contributed by atoms with Crippen molar-refractivity contribution in [1.82, 2.24) is 4.98 Å². The molecule has 0 saturated heterocycles. The smallest absolute Gasteiger partial charge is 0.307 e. The summed E-state index contributed by atoms with van der Waals surface area (Å²) in [5, 5.41) is 8.10. The molecule has 15 heavy (non-hydrogen) atoms. The largest absolute Gasteiger partial charge is 0.481 e. The van der Waals surface area contributed by atoms with E-state index in [-0.39, 0.29) is 16.3 Å². The van der Waals surface area contributed by atoms with Crippen LogP contribution in [0.3, 0.4) is 0 Å². The van der Waals surface area contributed by atoms with Crippen LogP contribution in [0.5, 0.6) is 0 Å². The minimum Gasteiger partial charge on any atom is -0.481 e. The van der Waals surface area contributed by atoms with Gasteiger partial charge in [0.2, 0.25) is 0 Å². The zero-order chi connectivity index (χ0) is 11.6. The number of aromatic nitrogens is 1. The van der Waals surface area contributed by atoms with Crippen molar-refractivity contribution in [3.63, 3.8) is 0 Å². The number of nitrogens with two attached hydrogens (primary N) is 1. The van der Waals surface area contributed by atoms with Gasteiger partial charge in [-0.2, -0.15) is 0 Å². The zero-order valence-corrected chi connectivity index (χ0v) is 8.13. The van der Waals surface area contributed by atoms with Crippen molar-refractivity contribution < 1.29 is 18.7 Å². The Hall–Kier alpha value is -1.43. The number of carboxylic acids is 1. The molecule has 0 aliphatic heterocycles. The van der Waals surface area contributed by atoms with Gasteiger partial charge in [-0.3, -0.25) is 9.78 Å². The molecule has 0 bridgehead atoms. The fourth-order valence-corrected chi connectivity index (χ4v) is 1.26. The first-order valence-corrected chi connectivity index (χ1v) is 4.24. The van der Waals surface area contributed by atoms with Crippen LogP contribution in [0.25, 0.3) is 0 Å². The van der Waals surface area contributed by atoms with Crippen molar-refractivity contribution in [2.75, 3.05) is 5.73 Å². The minimum absolute atomic E-state index is 0.122. The van der Waals surface area contributed by atoms with E-state index in [2.05, 4.69) is 4.98 Å². The second-order valence-corrected chi connectivity index (χ2v) is 3.15. The van der Waals surface area contributed by atoms with E-state index < -0.39 is 24.5 Å². The average Bonchev–Trinajstić information content (AvgIpc) is 2.12. The SMILES string of the molecule is Nc1c(CC(=O)O)cnc(C(F)F)c1Cl. The van der Waals surface area contributed by atoms with Crippen molar-refractivity contribution in [2.45, 2.75) is 12.8 Å². The molecule has 1 rings (SSSR count). The Balaban J connectivity index is 3.15. The number of carboxylic acid groups (broad SMARTS) is 1. The summed E-state index contributed by atoms with van der Waals surface area (Å²) >= 11 is 5.52. The highest BCUT2D eigenvalue weighted by molar-refractivity contribution is 6.33. The van der Waals surface area contributed by atoms with Crippen LogP contribution >= 0.6 is 11.6 Å². The number of alkyl halides is 2. The number of anilines is 1. The van der Waals surface area contributed by atoms with Gasteiger partial charge in [-0.25, -0.2) is 8.78 Å². The van der Waals surface area contributed by atoms with Crippen LogP contribution in [0.4, 0.5) is 14.5 Å². The van der Waals surface area contributed by atoms with Gasteiger partial charge in [0, 0.05) is 11.8 Å². The van der Waals surface area contributed by atoms with Crippen molar-refractivity contribution >= 4 is 23.3 Å². The number of aliphatic carboxylic acids is 1. The summed E-state index contributed by atoms with van der Waals surface area (Å²) in [4.78, 5) is 13.7. The second-order valence-electron chi connectivity index (χ2n) is 2.77. The van der Waals surface area contributed by atoms with E-state index in [1.54, 1.807) is 0 Å². The van der Waals surface area contributed by atoms with E-state index in [1.807, 2.05) is 0 Å². The summed E-state index contributed by atoms with van der Waals surface area (Å²) in [5.74, 6) is -1.13. The number of pyridine rings is 1. The quantitative estimate of drug-likeness (QED) is 0.840. The molecule has 0 fully saturated rings. The van der Waals surface area contributed by atoms with Gasteiger partial charge in [-0.05, 0) is 0 Å². The van der Waals surface area contributed by atoms with Crippen molar-refractivity contribution in [3.8, 4) is 0 Å². The van der Waals surface area contributed by atoms with Crippen LogP contribution in [-0.4, -0.2) is 16.1 Å². The number of nitrogens with zero attached hydrogens (tertiary/aromatic N) is 1. The normalized spacial score (nSPS) is 10.7. The molecule has 1 aromatic heterocycles. The fraction of sp³-hybridized carbons (Fsp3) is 0.250. The Labute approximate surface area is 88.7 Å². The molecule has 4 nitrogen and oxygen atoms in total.